The normalized spacial score (nSPS) is 19.9. The van der Waals surface area contributed by atoms with Crippen molar-refractivity contribution in [3.8, 4) is 0 Å². The molecule has 1 aliphatic rings. The number of rotatable bonds is 7. The molecule has 0 bridgehead atoms. The minimum Gasteiger partial charge on any atom is -0.342 e. The first-order valence-electron chi connectivity index (χ1n) is 9.03. The van der Waals surface area contributed by atoms with E-state index < -0.39 is 0 Å². The number of hydrazine groups is 1. The van der Waals surface area contributed by atoms with Crippen molar-refractivity contribution in [1.29, 1.82) is 0 Å². The van der Waals surface area contributed by atoms with Crippen LogP contribution in [0.3, 0.4) is 0 Å². The average Bonchev–Trinajstić information content (AvgIpc) is 3.29. The van der Waals surface area contributed by atoms with Gasteiger partial charge in [0.25, 0.3) is 0 Å². The van der Waals surface area contributed by atoms with E-state index in [-0.39, 0.29) is 5.91 Å². The Morgan fingerprint density at radius 1 is 1.35 bits per heavy atom. The Balaban J connectivity index is 1.38. The van der Waals surface area contributed by atoms with Crippen molar-refractivity contribution >= 4 is 23.3 Å². The maximum Gasteiger partial charge on any atom is 0.246 e. The zero-order chi connectivity index (χ0) is 18.4. The molecule has 1 aromatic heterocycles. The van der Waals surface area contributed by atoms with Gasteiger partial charge in [0.1, 0.15) is 0 Å². The molecule has 3 rings (SSSR count). The van der Waals surface area contributed by atoms with Crippen LogP contribution in [0.4, 0.5) is 0 Å². The van der Waals surface area contributed by atoms with Crippen LogP contribution >= 0.6 is 11.3 Å². The molecular weight excluding hydrogens is 344 g/mol. The number of hydrogen-bond acceptors (Lipinski definition) is 5. The van der Waals surface area contributed by atoms with E-state index in [0.29, 0.717) is 12.1 Å². The van der Waals surface area contributed by atoms with Crippen LogP contribution in [0.5, 0.6) is 0 Å². The minimum absolute atomic E-state index is 0.0234. The van der Waals surface area contributed by atoms with Gasteiger partial charge in [-0.15, -0.1) is 11.3 Å². The summed E-state index contributed by atoms with van der Waals surface area (Å²) >= 11 is 1.59. The third kappa shape index (κ3) is 5.24. The number of aromatic nitrogens is 1. The van der Waals surface area contributed by atoms with Gasteiger partial charge in [0.15, 0.2) is 0 Å². The minimum atomic E-state index is 0.0234. The lowest BCUT2D eigenvalue weighted by Crippen LogP contribution is -2.32. The Bertz CT molecular complexity index is 743. The summed E-state index contributed by atoms with van der Waals surface area (Å²) in [6.07, 6.45) is 6.49. The Kier molecular flexibility index (Phi) is 6.55. The molecule has 0 saturated carbocycles. The molecule has 5 nitrogen and oxygen atoms in total. The van der Waals surface area contributed by atoms with Gasteiger partial charge in [-0.3, -0.25) is 15.6 Å². The number of amides is 1. The van der Waals surface area contributed by atoms with Crippen molar-refractivity contribution in [2.75, 3.05) is 13.6 Å². The van der Waals surface area contributed by atoms with E-state index in [2.05, 4.69) is 40.1 Å². The summed E-state index contributed by atoms with van der Waals surface area (Å²) in [6.45, 7) is 2.72. The molecule has 0 aliphatic carbocycles. The van der Waals surface area contributed by atoms with Crippen LogP contribution < -0.4 is 10.9 Å². The molecule has 0 radical (unpaired) electrons. The second-order valence-corrected chi connectivity index (χ2v) is 7.77. The van der Waals surface area contributed by atoms with Crippen LogP contribution in [0.2, 0.25) is 0 Å². The lowest BCUT2D eigenvalue weighted by molar-refractivity contribution is -0.124. The quantitative estimate of drug-likeness (QED) is 0.734. The number of thiazole rings is 1. The van der Waals surface area contributed by atoms with Gasteiger partial charge >= 0.3 is 0 Å². The van der Waals surface area contributed by atoms with E-state index in [1.54, 1.807) is 28.4 Å². The van der Waals surface area contributed by atoms with Crippen LogP contribution in [0.1, 0.15) is 41.6 Å². The highest BCUT2D eigenvalue weighted by Gasteiger charge is 2.24. The fraction of sp³-hybridized carbons (Fsp3) is 0.400. The zero-order valence-corrected chi connectivity index (χ0v) is 16.1. The summed E-state index contributed by atoms with van der Waals surface area (Å²) < 4.78 is 0. The van der Waals surface area contributed by atoms with E-state index in [0.717, 1.165) is 36.5 Å². The van der Waals surface area contributed by atoms with E-state index in [9.17, 15) is 4.79 Å². The van der Waals surface area contributed by atoms with Gasteiger partial charge in [0.05, 0.1) is 10.7 Å². The standard InChI is InChI=1S/C20H26N4OS/c1-15-21-18(14-26-15)10-11-20(25)24(2)12-6-9-17-13-19(23-22-17)16-7-4-3-5-8-16/h3-5,7-8,10-11,14,17,19,22-23H,6,9,12-13H2,1-2H3/b11-10+. The van der Waals surface area contributed by atoms with Gasteiger partial charge in [0.2, 0.25) is 5.91 Å². The number of carbonyl (C=O) groups is 1. The maximum absolute atomic E-state index is 12.2. The molecule has 2 aromatic rings. The first-order valence-corrected chi connectivity index (χ1v) is 9.91. The van der Waals surface area contributed by atoms with Gasteiger partial charge in [0, 0.05) is 37.1 Å². The Morgan fingerprint density at radius 3 is 2.88 bits per heavy atom. The topological polar surface area (TPSA) is 57.3 Å². The molecule has 6 heteroatoms. The summed E-state index contributed by atoms with van der Waals surface area (Å²) in [5, 5.41) is 2.97. The third-order valence-electron chi connectivity index (χ3n) is 4.64. The van der Waals surface area contributed by atoms with Crippen molar-refractivity contribution in [2.45, 2.75) is 38.3 Å². The SMILES string of the molecule is Cc1nc(/C=C/C(=O)N(C)CCCC2CC(c3ccccc3)NN2)cs1. The first-order chi connectivity index (χ1) is 12.6. The summed E-state index contributed by atoms with van der Waals surface area (Å²) in [5.74, 6) is 0.0234. The third-order valence-corrected chi connectivity index (χ3v) is 5.43. The van der Waals surface area contributed by atoms with Crippen LogP contribution in [0.25, 0.3) is 6.08 Å². The largest absolute Gasteiger partial charge is 0.342 e. The average molecular weight is 371 g/mol. The van der Waals surface area contributed by atoms with Crippen molar-refractivity contribution in [3.63, 3.8) is 0 Å². The number of likely N-dealkylation sites (N-methyl/N-ethyl adjacent to an activating group) is 1. The predicted octanol–water partition coefficient (Wildman–Crippen LogP) is 3.31. The second-order valence-electron chi connectivity index (χ2n) is 6.71. The van der Waals surface area contributed by atoms with E-state index in [4.69, 9.17) is 0 Å². The maximum atomic E-state index is 12.2. The lowest BCUT2D eigenvalue weighted by Gasteiger charge is -2.16. The van der Waals surface area contributed by atoms with E-state index >= 15 is 0 Å². The number of hydrogen-bond donors (Lipinski definition) is 2. The van der Waals surface area contributed by atoms with Crippen LogP contribution in [0, 0.1) is 6.92 Å². The molecule has 138 valence electrons. The lowest BCUT2D eigenvalue weighted by atomic mass is 10.00. The number of nitrogens with one attached hydrogen (secondary N) is 2. The molecule has 2 unspecified atom stereocenters. The molecule has 1 fully saturated rings. The monoisotopic (exact) mass is 370 g/mol. The molecule has 2 atom stereocenters. The summed E-state index contributed by atoms with van der Waals surface area (Å²) in [4.78, 5) is 18.3. The van der Waals surface area contributed by atoms with Gasteiger partial charge in [-0.2, -0.15) is 0 Å². The second kappa shape index (κ2) is 9.07. The number of aryl methyl sites for hydroxylation is 1. The van der Waals surface area contributed by atoms with Crippen LogP contribution in [-0.2, 0) is 4.79 Å². The molecule has 1 aliphatic heterocycles. The predicted molar refractivity (Wildman–Crippen MR) is 107 cm³/mol. The zero-order valence-electron chi connectivity index (χ0n) is 15.3. The smallest absolute Gasteiger partial charge is 0.246 e. The van der Waals surface area contributed by atoms with Crippen molar-refractivity contribution in [3.05, 3.63) is 58.1 Å². The highest BCUT2D eigenvalue weighted by molar-refractivity contribution is 7.09. The van der Waals surface area contributed by atoms with Gasteiger partial charge in [-0.05, 0) is 37.8 Å². The number of carbonyl (C=O) groups excluding carboxylic acids is 1. The van der Waals surface area contributed by atoms with Crippen molar-refractivity contribution < 1.29 is 4.79 Å². The Morgan fingerprint density at radius 2 is 2.15 bits per heavy atom. The molecule has 1 amide bonds. The van der Waals surface area contributed by atoms with Crippen LogP contribution in [-0.4, -0.2) is 35.4 Å². The van der Waals surface area contributed by atoms with Gasteiger partial charge in [-0.1, -0.05) is 30.3 Å². The Hall–Kier alpha value is -2.02. The molecule has 1 aromatic carbocycles. The molecule has 1 saturated heterocycles. The Labute approximate surface area is 159 Å². The highest BCUT2D eigenvalue weighted by Crippen LogP contribution is 2.23. The highest BCUT2D eigenvalue weighted by atomic mass is 32.1. The molecular formula is C20H26N4OS. The summed E-state index contributed by atoms with van der Waals surface area (Å²) in [5.41, 5.74) is 8.93. The molecule has 0 spiro atoms. The fourth-order valence-electron chi connectivity index (χ4n) is 3.14. The molecule has 2 N–H and O–H groups in total. The number of benzene rings is 1. The van der Waals surface area contributed by atoms with Crippen LogP contribution in [0.15, 0.2) is 41.8 Å². The summed E-state index contributed by atoms with van der Waals surface area (Å²) in [6, 6.07) is 11.3. The van der Waals surface area contributed by atoms with Gasteiger partial charge in [-0.25, -0.2) is 4.98 Å². The molecule has 2 heterocycles. The van der Waals surface area contributed by atoms with Gasteiger partial charge < -0.3 is 4.90 Å². The van der Waals surface area contributed by atoms with Crippen molar-refractivity contribution in [2.24, 2.45) is 0 Å². The first kappa shape index (κ1) is 18.8. The molecule has 26 heavy (non-hydrogen) atoms. The summed E-state index contributed by atoms with van der Waals surface area (Å²) in [7, 11) is 1.85. The van der Waals surface area contributed by atoms with E-state index in [1.165, 1.54) is 5.56 Å². The van der Waals surface area contributed by atoms with Crippen molar-refractivity contribution in [1.82, 2.24) is 20.7 Å². The number of nitrogens with zero attached hydrogens (tertiary/aromatic N) is 2. The van der Waals surface area contributed by atoms with E-state index in [1.807, 2.05) is 25.4 Å². The fourth-order valence-corrected chi connectivity index (χ4v) is 3.72.